The fourth-order valence-corrected chi connectivity index (χ4v) is 2.74. The van der Waals surface area contributed by atoms with Crippen LogP contribution < -0.4 is 5.32 Å². The molecule has 0 bridgehead atoms. The number of furan rings is 1. The van der Waals surface area contributed by atoms with Crippen molar-refractivity contribution in [2.45, 2.75) is 56.4 Å². The Morgan fingerprint density at radius 3 is 3.00 bits per heavy atom. The summed E-state index contributed by atoms with van der Waals surface area (Å²) in [5.41, 5.74) is 0. The predicted octanol–water partition coefficient (Wildman–Crippen LogP) is 3.27. The first-order valence-corrected chi connectivity index (χ1v) is 7.15. The molecule has 2 atom stereocenters. The Morgan fingerprint density at radius 2 is 2.22 bits per heavy atom. The highest BCUT2D eigenvalue weighted by Gasteiger charge is 2.23. The lowest BCUT2D eigenvalue weighted by Crippen LogP contribution is -2.40. The number of carbonyl (C=O) groups excluding carboxylic acids is 1. The number of amides is 1. The third kappa shape index (κ3) is 4.05. The van der Waals surface area contributed by atoms with Crippen molar-refractivity contribution in [2.24, 2.45) is 0 Å². The number of carbonyl (C=O) groups is 1. The maximum Gasteiger partial charge on any atom is 0.220 e. The normalized spacial score (nSPS) is 24.5. The third-order valence-electron chi connectivity index (χ3n) is 3.46. The third-order valence-corrected chi connectivity index (χ3v) is 3.98. The number of nitrogens with one attached hydrogen (secondary N) is 1. The summed E-state index contributed by atoms with van der Waals surface area (Å²) in [6, 6.07) is 3.87. The van der Waals surface area contributed by atoms with Crippen molar-refractivity contribution >= 4 is 17.5 Å². The molecule has 0 saturated heterocycles. The molecule has 4 heteroatoms. The Morgan fingerprint density at radius 1 is 1.39 bits per heavy atom. The Hall–Kier alpha value is -0.960. The molecule has 1 aromatic rings. The Bertz CT molecular complexity index is 364. The second kappa shape index (κ2) is 6.83. The monoisotopic (exact) mass is 269 g/mol. The van der Waals surface area contributed by atoms with Crippen LogP contribution in [0.1, 0.15) is 44.3 Å². The second-order valence-electron chi connectivity index (χ2n) is 4.91. The van der Waals surface area contributed by atoms with Crippen molar-refractivity contribution in [1.82, 2.24) is 5.32 Å². The Labute approximate surface area is 113 Å². The highest BCUT2D eigenvalue weighted by molar-refractivity contribution is 6.21. The van der Waals surface area contributed by atoms with Gasteiger partial charge in [0.05, 0.1) is 11.6 Å². The Balaban J connectivity index is 1.75. The van der Waals surface area contributed by atoms with Crippen LogP contribution in [-0.4, -0.2) is 17.3 Å². The molecule has 1 aliphatic carbocycles. The average Bonchev–Trinajstić information content (AvgIpc) is 2.80. The van der Waals surface area contributed by atoms with Gasteiger partial charge in [-0.1, -0.05) is 19.3 Å². The van der Waals surface area contributed by atoms with Gasteiger partial charge >= 0.3 is 0 Å². The smallest absolute Gasteiger partial charge is 0.220 e. The van der Waals surface area contributed by atoms with Crippen molar-refractivity contribution < 1.29 is 9.21 Å². The maximum absolute atomic E-state index is 11.9. The van der Waals surface area contributed by atoms with E-state index < -0.39 is 0 Å². The van der Waals surface area contributed by atoms with Crippen LogP contribution in [-0.2, 0) is 11.2 Å². The zero-order valence-electron chi connectivity index (χ0n) is 10.5. The number of alkyl halides is 1. The lowest BCUT2D eigenvalue weighted by molar-refractivity contribution is -0.121. The number of hydrogen-bond acceptors (Lipinski definition) is 2. The molecule has 0 radical (unpaired) electrons. The molecule has 1 fully saturated rings. The largest absolute Gasteiger partial charge is 0.469 e. The van der Waals surface area contributed by atoms with Crippen LogP contribution >= 0.6 is 11.6 Å². The first-order valence-electron chi connectivity index (χ1n) is 6.71. The molecule has 1 aliphatic rings. The summed E-state index contributed by atoms with van der Waals surface area (Å²) in [5.74, 6) is 0.928. The number of rotatable bonds is 4. The van der Waals surface area contributed by atoms with E-state index in [9.17, 15) is 4.79 Å². The summed E-state index contributed by atoms with van der Waals surface area (Å²) in [7, 11) is 0. The summed E-state index contributed by atoms with van der Waals surface area (Å²) in [6.07, 6.45) is 8.31. The molecule has 2 unspecified atom stereocenters. The number of hydrogen-bond donors (Lipinski definition) is 1. The molecule has 1 amide bonds. The lowest BCUT2D eigenvalue weighted by atomic mass is 10.1. The quantitative estimate of drug-likeness (QED) is 0.673. The molecule has 0 aromatic carbocycles. The molecule has 1 aromatic heterocycles. The van der Waals surface area contributed by atoms with Crippen LogP contribution in [0.5, 0.6) is 0 Å². The summed E-state index contributed by atoms with van der Waals surface area (Å²) in [5, 5.41) is 3.14. The van der Waals surface area contributed by atoms with Gasteiger partial charge in [0, 0.05) is 18.9 Å². The molecule has 3 nitrogen and oxygen atoms in total. The van der Waals surface area contributed by atoms with Crippen molar-refractivity contribution in [2.75, 3.05) is 0 Å². The summed E-state index contributed by atoms with van der Waals surface area (Å²) >= 11 is 6.30. The van der Waals surface area contributed by atoms with E-state index in [1.807, 2.05) is 12.1 Å². The van der Waals surface area contributed by atoms with E-state index in [-0.39, 0.29) is 17.3 Å². The highest BCUT2D eigenvalue weighted by atomic mass is 35.5. The van der Waals surface area contributed by atoms with Crippen LogP contribution in [0.3, 0.4) is 0 Å². The minimum absolute atomic E-state index is 0.0731. The van der Waals surface area contributed by atoms with Gasteiger partial charge in [-0.3, -0.25) is 4.79 Å². The summed E-state index contributed by atoms with van der Waals surface area (Å²) < 4.78 is 5.21. The number of aryl methyl sites for hydroxylation is 1. The predicted molar refractivity (Wildman–Crippen MR) is 71.7 cm³/mol. The van der Waals surface area contributed by atoms with Crippen LogP contribution in [0.2, 0.25) is 0 Å². The molecule has 1 N–H and O–H groups in total. The van der Waals surface area contributed by atoms with Crippen LogP contribution in [0.15, 0.2) is 22.8 Å². The van der Waals surface area contributed by atoms with Crippen LogP contribution in [0.25, 0.3) is 0 Å². The molecular weight excluding hydrogens is 250 g/mol. The lowest BCUT2D eigenvalue weighted by Gasteiger charge is -2.21. The maximum atomic E-state index is 11.9. The summed E-state index contributed by atoms with van der Waals surface area (Å²) in [6.45, 7) is 0. The fraction of sp³-hybridized carbons (Fsp3) is 0.643. The molecule has 2 rings (SSSR count). The molecule has 18 heavy (non-hydrogen) atoms. The van der Waals surface area contributed by atoms with E-state index in [0.717, 1.165) is 25.0 Å². The van der Waals surface area contributed by atoms with E-state index in [2.05, 4.69) is 5.32 Å². The fourth-order valence-electron chi connectivity index (χ4n) is 2.40. The van der Waals surface area contributed by atoms with E-state index in [0.29, 0.717) is 12.8 Å². The zero-order chi connectivity index (χ0) is 12.8. The molecule has 1 saturated carbocycles. The van der Waals surface area contributed by atoms with Gasteiger partial charge in [0.15, 0.2) is 0 Å². The highest BCUT2D eigenvalue weighted by Crippen LogP contribution is 2.22. The van der Waals surface area contributed by atoms with E-state index in [4.69, 9.17) is 16.0 Å². The van der Waals surface area contributed by atoms with Crippen molar-refractivity contribution in [3.8, 4) is 0 Å². The first-order chi connectivity index (χ1) is 8.75. The van der Waals surface area contributed by atoms with Gasteiger partial charge in [-0.05, 0) is 25.0 Å². The Kier molecular flexibility index (Phi) is 5.12. The van der Waals surface area contributed by atoms with Gasteiger partial charge in [0.2, 0.25) is 5.91 Å². The van der Waals surface area contributed by atoms with Gasteiger partial charge in [-0.25, -0.2) is 0 Å². The molecular formula is C14H20ClNO2. The first kappa shape index (κ1) is 13.5. The standard InChI is InChI=1S/C14H20ClNO2/c15-12-6-2-1-3-7-13(12)16-14(17)9-8-11-5-4-10-18-11/h4-5,10,12-13H,1-3,6-9H2,(H,16,17). The minimum Gasteiger partial charge on any atom is -0.469 e. The topological polar surface area (TPSA) is 42.2 Å². The van der Waals surface area contributed by atoms with E-state index >= 15 is 0 Å². The van der Waals surface area contributed by atoms with Crippen molar-refractivity contribution in [3.63, 3.8) is 0 Å². The average molecular weight is 270 g/mol. The molecule has 0 aliphatic heterocycles. The SMILES string of the molecule is O=C(CCc1ccco1)NC1CCCCCC1Cl. The summed E-state index contributed by atoms with van der Waals surface area (Å²) in [4.78, 5) is 11.9. The van der Waals surface area contributed by atoms with Crippen molar-refractivity contribution in [3.05, 3.63) is 24.2 Å². The van der Waals surface area contributed by atoms with Crippen molar-refractivity contribution in [1.29, 1.82) is 0 Å². The van der Waals surface area contributed by atoms with Gasteiger partial charge in [-0.15, -0.1) is 11.6 Å². The van der Waals surface area contributed by atoms with Gasteiger partial charge in [-0.2, -0.15) is 0 Å². The zero-order valence-corrected chi connectivity index (χ0v) is 11.3. The molecule has 1 heterocycles. The van der Waals surface area contributed by atoms with Crippen LogP contribution in [0, 0.1) is 0 Å². The minimum atomic E-state index is 0.0731. The van der Waals surface area contributed by atoms with Crippen LogP contribution in [0.4, 0.5) is 0 Å². The van der Waals surface area contributed by atoms with Gasteiger partial charge in [0.25, 0.3) is 0 Å². The van der Waals surface area contributed by atoms with E-state index in [1.54, 1.807) is 6.26 Å². The second-order valence-corrected chi connectivity index (χ2v) is 5.47. The number of halogens is 1. The van der Waals surface area contributed by atoms with Gasteiger partial charge in [0.1, 0.15) is 5.76 Å². The molecule has 100 valence electrons. The van der Waals surface area contributed by atoms with Gasteiger partial charge < -0.3 is 9.73 Å². The van der Waals surface area contributed by atoms with E-state index in [1.165, 1.54) is 12.8 Å². The molecule has 0 spiro atoms.